The molecule has 5 heteroatoms. The Hall–Kier alpha value is -1.88. The minimum absolute atomic E-state index is 0.0165. The molecule has 114 valence electrons. The maximum atomic E-state index is 12.7. The van der Waals surface area contributed by atoms with Gasteiger partial charge in [-0.2, -0.15) is 0 Å². The molecule has 2 N–H and O–H groups in total. The fraction of sp³-hybridized carbons (Fsp3) is 0.500. The lowest BCUT2D eigenvalue weighted by molar-refractivity contribution is -0.123. The first-order chi connectivity index (χ1) is 9.83. The van der Waals surface area contributed by atoms with Gasteiger partial charge in [0.05, 0.1) is 11.6 Å². The molecule has 1 aromatic rings. The molecule has 0 radical (unpaired) electrons. The first kappa shape index (κ1) is 15.5. The second-order valence-corrected chi connectivity index (χ2v) is 6.23. The van der Waals surface area contributed by atoms with E-state index in [-0.39, 0.29) is 22.9 Å². The molecule has 1 unspecified atom stereocenters. The number of nitrogens with one attached hydrogen (secondary N) is 1. The van der Waals surface area contributed by atoms with Crippen LogP contribution in [0.3, 0.4) is 0 Å². The van der Waals surface area contributed by atoms with Crippen molar-refractivity contribution in [1.29, 1.82) is 0 Å². The van der Waals surface area contributed by atoms with Crippen LogP contribution in [-0.2, 0) is 4.79 Å². The van der Waals surface area contributed by atoms with Gasteiger partial charge >= 0.3 is 5.97 Å². The van der Waals surface area contributed by atoms with E-state index in [1.165, 1.54) is 12.1 Å². The second-order valence-electron chi connectivity index (χ2n) is 6.23. The summed E-state index contributed by atoms with van der Waals surface area (Å²) < 4.78 is 0. The third-order valence-electron chi connectivity index (χ3n) is 4.21. The van der Waals surface area contributed by atoms with Crippen LogP contribution in [0.1, 0.15) is 37.0 Å². The number of hydrogen-bond acceptors (Lipinski definition) is 3. The number of benzene rings is 1. The highest BCUT2D eigenvalue weighted by molar-refractivity contribution is 5.98. The molecule has 1 fully saturated rings. The maximum absolute atomic E-state index is 12.7. The fourth-order valence-electron chi connectivity index (χ4n) is 2.78. The SMILES string of the molecule is CN(C(=O)C1NCCCC1(C)C)c1ccc(C(=O)O)cc1. The molecule has 0 spiro atoms. The average Bonchev–Trinajstić information content (AvgIpc) is 2.45. The Balaban J connectivity index is 2.16. The van der Waals surface area contributed by atoms with Gasteiger partial charge in [0.2, 0.25) is 5.91 Å². The van der Waals surface area contributed by atoms with E-state index in [0.717, 1.165) is 19.4 Å². The molecule has 1 saturated heterocycles. The number of aromatic carboxylic acids is 1. The fourth-order valence-corrected chi connectivity index (χ4v) is 2.78. The average molecular weight is 290 g/mol. The van der Waals surface area contributed by atoms with Gasteiger partial charge in [0, 0.05) is 12.7 Å². The van der Waals surface area contributed by atoms with Crippen LogP contribution in [0, 0.1) is 5.41 Å². The zero-order chi connectivity index (χ0) is 15.6. The van der Waals surface area contributed by atoms with Gasteiger partial charge in [-0.1, -0.05) is 13.8 Å². The lowest BCUT2D eigenvalue weighted by Gasteiger charge is -2.40. The minimum Gasteiger partial charge on any atom is -0.478 e. The summed E-state index contributed by atoms with van der Waals surface area (Å²) >= 11 is 0. The van der Waals surface area contributed by atoms with Crippen molar-refractivity contribution in [2.75, 3.05) is 18.5 Å². The molecule has 0 saturated carbocycles. The minimum atomic E-state index is -0.967. The molecular formula is C16H22N2O3. The van der Waals surface area contributed by atoms with E-state index < -0.39 is 5.97 Å². The van der Waals surface area contributed by atoms with Crippen molar-refractivity contribution in [2.24, 2.45) is 5.41 Å². The third-order valence-corrected chi connectivity index (χ3v) is 4.21. The van der Waals surface area contributed by atoms with E-state index in [9.17, 15) is 9.59 Å². The topological polar surface area (TPSA) is 69.6 Å². The van der Waals surface area contributed by atoms with E-state index >= 15 is 0 Å². The smallest absolute Gasteiger partial charge is 0.335 e. The molecule has 21 heavy (non-hydrogen) atoms. The first-order valence-corrected chi connectivity index (χ1v) is 7.17. The van der Waals surface area contributed by atoms with Gasteiger partial charge in [-0.25, -0.2) is 4.79 Å². The zero-order valence-electron chi connectivity index (χ0n) is 12.7. The molecule has 1 aromatic carbocycles. The number of hydrogen-bond donors (Lipinski definition) is 2. The number of likely N-dealkylation sites (N-methyl/N-ethyl adjacent to an activating group) is 1. The molecule has 0 aliphatic carbocycles. The summed E-state index contributed by atoms with van der Waals surface area (Å²) in [6.45, 7) is 5.05. The van der Waals surface area contributed by atoms with Crippen LogP contribution < -0.4 is 10.2 Å². The molecular weight excluding hydrogens is 268 g/mol. The first-order valence-electron chi connectivity index (χ1n) is 7.17. The number of amides is 1. The van der Waals surface area contributed by atoms with Gasteiger partial charge in [0.25, 0.3) is 0 Å². The summed E-state index contributed by atoms with van der Waals surface area (Å²) in [5.41, 5.74) is 0.842. The summed E-state index contributed by atoms with van der Waals surface area (Å²) in [5, 5.41) is 12.2. The van der Waals surface area contributed by atoms with Crippen molar-refractivity contribution in [2.45, 2.75) is 32.7 Å². The van der Waals surface area contributed by atoms with E-state index in [1.807, 2.05) is 0 Å². The van der Waals surface area contributed by atoms with Gasteiger partial charge in [0.1, 0.15) is 0 Å². The molecule has 0 bridgehead atoms. The quantitative estimate of drug-likeness (QED) is 0.894. The Morgan fingerprint density at radius 1 is 1.29 bits per heavy atom. The van der Waals surface area contributed by atoms with Crippen molar-refractivity contribution < 1.29 is 14.7 Å². The summed E-state index contributed by atoms with van der Waals surface area (Å²) in [4.78, 5) is 25.1. The Morgan fingerprint density at radius 2 is 1.90 bits per heavy atom. The zero-order valence-corrected chi connectivity index (χ0v) is 12.7. The van der Waals surface area contributed by atoms with Crippen LogP contribution in [0.15, 0.2) is 24.3 Å². The van der Waals surface area contributed by atoms with Gasteiger partial charge in [-0.3, -0.25) is 4.79 Å². The Morgan fingerprint density at radius 3 is 2.43 bits per heavy atom. The van der Waals surface area contributed by atoms with E-state index in [2.05, 4.69) is 19.2 Å². The highest BCUT2D eigenvalue weighted by atomic mass is 16.4. The van der Waals surface area contributed by atoms with Crippen LogP contribution in [0.2, 0.25) is 0 Å². The molecule has 1 atom stereocenters. The summed E-state index contributed by atoms with van der Waals surface area (Å²) in [7, 11) is 1.73. The molecule has 1 amide bonds. The van der Waals surface area contributed by atoms with Gasteiger partial charge < -0.3 is 15.3 Å². The predicted octanol–water partition coefficient (Wildman–Crippen LogP) is 2.13. The van der Waals surface area contributed by atoms with E-state index in [4.69, 9.17) is 5.11 Å². The molecule has 1 aliphatic heterocycles. The summed E-state index contributed by atoms with van der Waals surface area (Å²) in [5.74, 6) is -0.951. The van der Waals surface area contributed by atoms with Crippen molar-refractivity contribution in [3.8, 4) is 0 Å². The Bertz CT molecular complexity index is 537. The normalized spacial score (nSPS) is 20.8. The number of carboxylic acid groups (broad SMARTS) is 1. The Kier molecular flexibility index (Phi) is 4.32. The van der Waals surface area contributed by atoms with Crippen LogP contribution in [-0.4, -0.2) is 36.6 Å². The highest BCUT2D eigenvalue weighted by Gasteiger charge is 2.38. The highest BCUT2D eigenvalue weighted by Crippen LogP contribution is 2.31. The predicted molar refractivity (Wildman–Crippen MR) is 81.6 cm³/mol. The number of carbonyl (C=O) groups is 2. The number of piperidine rings is 1. The van der Waals surface area contributed by atoms with Crippen LogP contribution in [0.5, 0.6) is 0 Å². The lowest BCUT2D eigenvalue weighted by Crippen LogP contribution is -2.56. The van der Waals surface area contributed by atoms with Crippen LogP contribution in [0.4, 0.5) is 5.69 Å². The summed E-state index contributed by atoms with van der Waals surface area (Å²) in [6.07, 6.45) is 2.09. The molecule has 2 rings (SSSR count). The lowest BCUT2D eigenvalue weighted by atomic mass is 9.77. The van der Waals surface area contributed by atoms with E-state index in [0.29, 0.717) is 5.69 Å². The number of carbonyl (C=O) groups excluding carboxylic acids is 1. The van der Waals surface area contributed by atoms with Gasteiger partial charge in [-0.05, 0) is 49.1 Å². The Labute approximate surface area is 125 Å². The van der Waals surface area contributed by atoms with Crippen molar-refractivity contribution in [3.63, 3.8) is 0 Å². The molecule has 1 aliphatic rings. The van der Waals surface area contributed by atoms with Crippen LogP contribution in [0.25, 0.3) is 0 Å². The molecule has 1 heterocycles. The van der Waals surface area contributed by atoms with Crippen molar-refractivity contribution >= 4 is 17.6 Å². The number of carboxylic acids is 1. The largest absolute Gasteiger partial charge is 0.478 e. The van der Waals surface area contributed by atoms with Crippen molar-refractivity contribution in [3.05, 3.63) is 29.8 Å². The van der Waals surface area contributed by atoms with Crippen LogP contribution >= 0.6 is 0 Å². The standard InChI is InChI=1S/C16H22N2O3/c1-16(2)9-4-10-17-13(16)14(19)18(3)12-7-5-11(6-8-12)15(20)21/h5-8,13,17H,4,9-10H2,1-3H3,(H,20,21). The maximum Gasteiger partial charge on any atom is 0.335 e. The molecule has 5 nitrogen and oxygen atoms in total. The van der Waals surface area contributed by atoms with Gasteiger partial charge in [-0.15, -0.1) is 0 Å². The van der Waals surface area contributed by atoms with E-state index in [1.54, 1.807) is 24.1 Å². The second kappa shape index (κ2) is 5.85. The molecule has 0 aromatic heterocycles. The third kappa shape index (κ3) is 3.24. The number of rotatable bonds is 3. The van der Waals surface area contributed by atoms with Gasteiger partial charge in [0.15, 0.2) is 0 Å². The van der Waals surface area contributed by atoms with Crippen molar-refractivity contribution in [1.82, 2.24) is 5.32 Å². The summed E-state index contributed by atoms with van der Waals surface area (Å²) in [6, 6.07) is 6.14. The number of anilines is 1. The monoisotopic (exact) mass is 290 g/mol. The number of nitrogens with zero attached hydrogens (tertiary/aromatic N) is 1.